The van der Waals surface area contributed by atoms with Gasteiger partial charge in [0.25, 0.3) is 0 Å². The van der Waals surface area contributed by atoms with E-state index in [-0.39, 0.29) is 68.6 Å². The van der Waals surface area contributed by atoms with Crippen molar-refractivity contribution in [3.63, 3.8) is 0 Å². The van der Waals surface area contributed by atoms with Gasteiger partial charge in [0.05, 0.1) is 25.2 Å². The maximum atomic E-state index is 13.3. The Hall–Kier alpha value is -4.06. The molecule has 0 N–H and O–H groups in total. The Morgan fingerprint density at radius 1 is 1.02 bits per heavy atom. The molecule has 19 heteroatoms. The van der Waals surface area contributed by atoms with E-state index in [0.717, 1.165) is 25.2 Å². The molecule has 1 fully saturated rings. The quantitative estimate of drug-likeness (QED) is 0.0722. The molecule has 1 aliphatic carbocycles. The minimum atomic E-state index is -3.39. The molecule has 1 aromatic heterocycles. The van der Waals surface area contributed by atoms with Crippen molar-refractivity contribution < 1.29 is 60.0 Å². The molecule has 2 aromatic carbocycles. The highest BCUT2D eigenvalue weighted by Gasteiger charge is 2.28. The highest BCUT2D eigenvalue weighted by Crippen LogP contribution is 2.38. The average molecular weight is 822 g/mol. The van der Waals surface area contributed by atoms with Gasteiger partial charge in [-0.2, -0.15) is 13.5 Å². The number of alkyl halides is 2. The molecular weight excluding hydrogens is 785 g/mol. The van der Waals surface area contributed by atoms with Crippen LogP contribution in [0.2, 0.25) is 10.0 Å². The Kier molecular flexibility index (Phi) is 14.4. The lowest BCUT2D eigenvalue weighted by Crippen LogP contribution is -2.34. The van der Waals surface area contributed by atoms with Crippen LogP contribution in [0.4, 0.5) is 14.5 Å². The third kappa shape index (κ3) is 12.5. The monoisotopic (exact) mass is 820 g/mol. The first-order valence-electron chi connectivity index (χ1n) is 15.9. The fraction of sp³-hybridized carbons (Fsp3) is 0.412. The summed E-state index contributed by atoms with van der Waals surface area (Å²) in [5, 5.41) is 11.1. The number of carbonyl (C=O) groups excluding carboxylic acids is 3. The molecular formula is C34H36Cl2F2N2O11S2. The molecule has 1 atom stereocenters. The molecule has 1 unspecified atom stereocenters. The number of esters is 2. The summed E-state index contributed by atoms with van der Waals surface area (Å²) in [5.41, 5.74) is -0.500. The number of aromatic nitrogens is 1. The van der Waals surface area contributed by atoms with E-state index in [1.807, 2.05) is 0 Å². The van der Waals surface area contributed by atoms with Crippen molar-refractivity contribution in [2.24, 2.45) is 5.92 Å². The molecule has 0 spiro atoms. The number of hydrogen-bond donors (Lipinski definition) is 1. The van der Waals surface area contributed by atoms with Gasteiger partial charge in [0.1, 0.15) is 34.0 Å². The number of methoxy groups -OCH3 is 1. The summed E-state index contributed by atoms with van der Waals surface area (Å²) in [7, 11) is -2.11. The van der Waals surface area contributed by atoms with E-state index in [0.29, 0.717) is 20.8 Å². The summed E-state index contributed by atoms with van der Waals surface area (Å²) >= 11 is 13.2. The largest absolute Gasteiger partial charge is 0.619 e. The standard InChI is InChI=1S/C34H36Cl2F2N2O11S2/c1-34(2,3)51-30(41)16-40(53(45)46)25-11-21(8-9-26(25)47-4)32(43)52-18-31(42)49-28(13-22-23(35)14-39(44)15-24(22)36)20-7-10-27(50-33(37)38)29(12-20)48-17-19-5-6-19/h7-12,14-15,19,28,33,53H,5-6,13,16-18H2,1-4H3. The van der Waals surface area contributed by atoms with Crippen LogP contribution in [0.25, 0.3) is 0 Å². The predicted molar refractivity (Wildman–Crippen MR) is 193 cm³/mol. The van der Waals surface area contributed by atoms with Crippen LogP contribution >= 0.6 is 35.0 Å². The van der Waals surface area contributed by atoms with E-state index >= 15 is 0 Å². The number of benzene rings is 2. The first-order chi connectivity index (χ1) is 24.9. The lowest BCUT2D eigenvalue weighted by Gasteiger charge is -2.24. The molecule has 0 bridgehead atoms. The van der Waals surface area contributed by atoms with Gasteiger partial charge < -0.3 is 28.9 Å². The Morgan fingerprint density at radius 2 is 1.68 bits per heavy atom. The normalized spacial score (nSPS) is 13.4. The molecule has 288 valence electrons. The Labute approximate surface area is 320 Å². The minimum absolute atomic E-state index is 0.0150. The molecule has 13 nitrogen and oxygen atoms in total. The van der Waals surface area contributed by atoms with Gasteiger partial charge in [0.2, 0.25) is 16.0 Å². The second kappa shape index (κ2) is 18.3. The van der Waals surface area contributed by atoms with Gasteiger partial charge in [-0.05, 0) is 75.4 Å². The Morgan fingerprint density at radius 3 is 2.26 bits per heavy atom. The number of thiol groups is 1. The molecule has 3 aromatic rings. The van der Waals surface area contributed by atoms with E-state index in [9.17, 15) is 36.8 Å². The number of ether oxygens (including phenoxy) is 5. The first kappa shape index (κ1) is 41.7. The third-order valence-electron chi connectivity index (χ3n) is 7.36. The number of thioether (sulfide) groups is 1. The fourth-order valence-corrected chi connectivity index (χ4v) is 6.58. The Balaban J connectivity index is 1.56. The first-order valence-corrected chi connectivity index (χ1v) is 18.8. The molecule has 0 amide bonds. The van der Waals surface area contributed by atoms with Crippen molar-refractivity contribution in [3.05, 3.63) is 80.7 Å². The Bertz CT molecular complexity index is 1880. The van der Waals surface area contributed by atoms with Crippen LogP contribution in [0.5, 0.6) is 17.2 Å². The number of halogens is 4. The van der Waals surface area contributed by atoms with E-state index in [2.05, 4.69) is 4.74 Å². The SMILES string of the molecule is COc1ccc(C(=O)SCC(=O)OC(Cc2c(Cl)c[n+]([O-])cc2Cl)c2ccc(OC(F)F)c(OCC3CC3)c2)cc1N(CC(=O)OC(C)(C)C)[SH](=O)=O. The molecule has 0 radical (unpaired) electrons. The maximum Gasteiger partial charge on any atom is 0.387 e. The summed E-state index contributed by atoms with van der Waals surface area (Å²) in [6.45, 7) is 1.28. The zero-order valence-corrected chi connectivity index (χ0v) is 32.1. The van der Waals surface area contributed by atoms with Gasteiger partial charge in [0, 0.05) is 17.5 Å². The van der Waals surface area contributed by atoms with Crippen molar-refractivity contribution in [2.45, 2.75) is 58.4 Å². The molecule has 53 heavy (non-hydrogen) atoms. The number of pyridine rings is 1. The molecule has 1 aliphatic rings. The second-order valence-corrected chi connectivity index (χ2v) is 15.4. The van der Waals surface area contributed by atoms with Gasteiger partial charge in [-0.25, -0.2) is 8.42 Å². The van der Waals surface area contributed by atoms with Crippen molar-refractivity contribution in [3.8, 4) is 17.2 Å². The van der Waals surface area contributed by atoms with Crippen molar-refractivity contribution in [2.75, 3.05) is 30.3 Å². The number of carbonyl (C=O) groups is 3. The van der Waals surface area contributed by atoms with Gasteiger partial charge in [-0.3, -0.25) is 18.7 Å². The molecule has 0 aliphatic heterocycles. The fourth-order valence-electron chi connectivity index (χ4n) is 4.81. The predicted octanol–water partition coefficient (Wildman–Crippen LogP) is 6.10. The van der Waals surface area contributed by atoms with Gasteiger partial charge >= 0.3 is 18.6 Å². The minimum Gasteiger partial charge on any atom is -0.619 e. The lowest BCUT2D eigenvalue weighted by atomic mass is 10.0. The van der Waals surface area contributed by atoms with Crippen LogP contribution in [0, 0.1) is 11.1 Å². The summed E-state index contributed by atoms with van der Waals surface area (Å²) in [6.07, 6.45) is 2.63. The maximum absolute atomic E-state index is 13.3. The topological polar surface area (TPSA) is 162 Å². The molecule has 0 saturated heterocycles. The second-order valence-electron chi connectivity index (χ2n) is 12.7. The van der Waals surface area contributed by atoms with Crippen molar-refractivity contribution in [1.82, 2.24) is 0 Å². The zero-order chi connectivity index (χ0) is 39.0. The highest BCUT2D eigenvalue weighted by atomic mass is 35.5. The number of anilines is 1. The van der Waals surface area contributed by atoms with Gasteiger partial charge in [-0.1, -0.05) is 41.0 Å². The third-order valence-corrected chi connectivity index (χ3v) is 9.64. The van der Waals surface area contributed by atoms with E-state index < -0.39 is 58.6 Å². The smallest absolute Gasteiger partial charge is 0.387 e. The van der Waals surface area contributed by atoms with Crippen molar-refractivity contribution >= 4 is 68.6 Å². The molecule has 1 heterocycles. The number of hydrogen-bond acceptors (Lipinski definition) is 12. The van der Waals surface area contributed by atoms with Crippen LogP contribution in [0.15, 0.2) is 48.8 Å². The molecule has 4 rings (SSSR count). The lowest BCUT2D eigenvalue weighted by molar-refractivity contribution is -0.605. The van der Waals surface area contributed by atoms with Crippen molar-refractivity contribution in [1.29, 1.82) is 0 Å². The molecule has 1 saturated carbocycles. The van der Waals surface area contributed by atoms with Gasteiger partial charge in [0.15, 0.2) is 23.9 Å². The van der Waals surface area contributed by atoms with Crippen LogP contribution in [-0.4, -0.2) is 63.7 Å². The van der Waals surface area contributed by atoms with Crippen LogP contribution in [0.3, 0.4) is 0 Å². The zero-order valence-electron chi connectivity index (χ0n) is 28.8. The summed E-state index contributed by atoms with van der Waals surface area (Å²) in [6, 6.07) is 7.90. The summed E-state index contributed by atoms with van der Waals surface area (Å²) in [4.78, 5) is 39.0. The number of rotatable bonds is 17. The van der Waals surface area contributed by atoms with E-state index in [1.54, 1.807) is 20.8 Å². The highest BCUT2D eigenvalue weighted by molar-refractivity contribution is 8.14. The van der Waals surface area contributed by atoms with Crippen LogP contribution in [0.1, 0.15) is 61.2 Å². The average Bonchev–Trinajstić information content (AvgIpc) is 3.90. The van der Waals surface area contributed by atoms with E-state index in [1.165, 1.54) is 43.5 Å². The summed E-state index contributed by atoms with van der Waals surface area (Å²) in [5.74, 6) is -2.19. The van der Waals surface area contributed by atoms with Crippen LogP contribution < -0.4 is 23.2 Å². The number of nitrogens with zero attached hydrogens (tertiary/aromatic N) is 2. The van der Waals surface area contributed by atoms with Crippen LogP contribution in [-0.2, 0) is 36.4 Å². The summed E-state index contributed by atoms with van der Waals surface area (Å²) < 4.78 is 78.5. The van der Waals surface area contributed by atoms with E-state index in [4.69, 9.17) is 42.1 Å². The van der Waals surface area contributed by atoms with Gasteiger partial charge in [-0.15, -0.1) is 0 Å².